The summed E-state index contributed by atoms with van der Waals surface area (Å²) in [5.41, 5.74) is 0. The molecule has 3 heteroatoms. The molecule has 1 N–H and O–H groups in total. The van der Waals surface area contributed by atoms with Crippen molar-refractivity contribution in [3.63, 3.8) is 0 Å². The summed E-state index contributed by atoms with van der Waals surface area (Å²) in [6, 6.07) is 5.65. The van der Waals surface area contributed by atoms with Crippen LogP contribution in [-0.4, -0.2) is 25.2 Å². The van der Waals surface area contributed by atoms with E-state index >= 15 is 0 Å². The quantitative estimate of drug-likeness (QED) is 0.664. The Balaban J connectivity index is 2.16. The van der Waals surface area contributed by atoms with Gasteiger partial charge in [-0.1, -0.05) is 6.07 Å². The predicted molar refractivity (Wildman–Crippen MR) is 48.3 cm³/mol. The topological polar surface area (TPSA) is 34.1 Å². The zero-order valence-corrected chi connectivity index (χ0v) is 7.29. The number of rotatable bonds is 5. The highest BCUT2D eigenvalue weighted by molar-refractivity contribution is 5.08. The van der Waals surface area contributed by atoms with E-state index < -0.39 is 0 Å². The van der Waals surface area contributed by atoms with Gasteiger partial charge < -0.3 is 10.1 Å². The number of hydrogen-bond donors (Lipinski definition) is 1. The molecule has 0 aliphatic heterocycles. The van der Waals surface area contributed by atoms with Crippen LogP contribution in [0.2, 0.25) is 0 Å². The second kappa shape index (κ2) is 5.55. The van der Waals surface area contributed by atoms with Crippen LogP contribution in [0.1, 0.15) is 6.42 Å². The molecule has 0 amide bonds. The smallest absolute Gasteiger partial charge is 0.213 e. The fourth-order valence-corrected chi connectivity index (χ4v) is 0.858. The summed E-state index contributed by atoms with van der Waals surface area (Å²) in [4.78, 5) is 4.03. The van der Waals surface area contributed by atoms with Crippen molar-refractivity contribution in [3.8, 4) is 5.88 Å². The normalized spacial score (nSPS) is 9.75. The van der Waals surface area contributed by atoms with Gasteiger partial charge in [0.2, 0.25) is 5.88 Å². The first-order chi connectivity index (χ1) is 5.93. The van der Waals surface area contributed by atoms with Crippen molar-refractivity contribution in [2.45, 2.75) is 6.42 Å². The molecule has 0 aliphatic rings. The Morgan fingerprint density at radius 3 is 3.08 bits per heavy atom. The van der Waals surface area contributed by atoms with Crippen LogP contribution < -0.4 is 10.1 Å². The first kappa shape index (κ1) is 9.00. The van der Waals surface area contributed by atoms with Crippen molar-refractivity contribution < 1.29 is 4.74 Å². The standard InChI is InChI=1S/C9H14N2O/c1-10-6-4-8-12-9-5-2-3-7-11-9/h2-3,5,7,10H,4,6,8H2,1H3. The van der Waals surface area contributed by atoms with E-state index in [1.165, 1.54) is 0 Å². The summed E-state index contributed by atoms with van der Waals surface area (Å²) >= 11 is 0. The molecule has 1 aromatic rings. The van der Waals surface area contributed by atoms with E-state index in [1.54, 1.807) is 6.20 Å². The van der Waals surface area contributed by atoms with Gasteiger partial charge in [0.1, 0.15) is 0 Å². The van der Waals surface area contributed by atoms with Gasteiger partial charge in [-0.3, -0.25) is 0 Å². The number of pyridine rings is 1. The number of nitrogens with one attached hydrogen (secondary N) is 1. The van der Waals surface area contributed by atoms with E-state index in [4.69, 9.17) is 4.74 Å². The average Bonchev–Trinajstić information content (AvgIpc) is 2.14. The molecule has 12 heavy (non-hydrogen) atoms. The number of aromatic nitrogens is 1. The van der Waals surface area contributed by atoms with Crippen molar-refractivity contribution in [2.75, 3.05) is 20.2 Å². The average molecular weight is 166 g/mol. The Bertz CT molecular complexity index is 201. The van der Waals surface area contributed by atoms with Crippen LogP contribution in [0.5, 0.6) is 5.88 Å². The second-order valence-corrected chi connectivity index (χ2v) is 2.47. The van der Waals surface area contributed by atoms with E-state index in [2.05, 4.69) is 10.3 Å². The van der Waals surface area contributed by atoms with Crippen LogP contribution in [0, 0.1) is 0 Å². The van der Waals surface area contributed by atoms with Crippen molar-refractivity contribution in [1.82, 2.24) is 10.3 Å². The maximum Gasteiger partial charge on any atom is 0.213 e. The molecule has 0 aromatic carbocycles. The summed E-state index contributed by atoms with van der Waals surface area (Å²) in [5.74, 6) is 0.702. The van der Waals surface area contributed by atoms with E-state index in [-0.39, 0.29) is 0 Å². The van der Waals surface area contributed by atoms with Crippen molar-refractivity contribution in [3.05, 3.63) is 24.4 Å². The van der Waals surface area contributed by atoms with Crippen molar-refractivity contribution >= 4 is 0 Å². The lowest BCUT2D eigenvalue weighted by Crippen LogP contribution is -2.11. The van der Waals surface area contributed by atoms with E-state index in [0.717, 1.165) is 19.6 Å². The zero-order valence-electron chi connectivity index (χ0n) is 7.29. The number of nitrogens with zero attached hydrogens (tertiary/aromatic N) is 1. The Kier molecular flexibility index (Phi) is 4.16. The Hall–Kier alpha value is -1.09. The van der Waals surface area contributed by atoms with Crippen LogP contribution >= 0.6 is 0 Å². The van der Waals surface area contributed by atoms with Crippen LogP contribution in [0.4, 0.5) is 0 Å². The minimum atomic E-state index is 0.702. The van der Waals surface area contributed by atoms with Gasteiger partial charge in [-0.25, -0.2) is 4.98 Å². The summed E-state index contributed by atoms with van der Waals surface area (Å²) in [7, 11) is 1.93. The Morgan fingerprint density at radius 1 is 1.50 bits per heavy atom. The van der Waals surface area contributed by atoms with Gasteiger partial charge in [0.25, 0.3) is 0 Å². The molecule has 0 radical (unpaired) electrons. The molecule has 0 saturated heterocycles. The Labute approximate surface area is 72.8 Å². The third kappa shape index (κ3) is 3.34. The van der Waals surface area contributed by atoms with Gasteiger partial charge in [-0.2, -0.15) is 0 Å². The summed E-state index contributed by atoms with van der Waals surface area (Å²) in [6.07, 6.45) is 2.74. The largest absolute Gasteiger partial charge is 0.478 e. The molecule has 0 atom stereocenters. The maximum atomic E-state index is 5.36. The lowest BCUT2D eigenvalue weighted by Gasteiger charge is -2.03. The summed E-state index contributed by atoms with van der Waals surface area (Å²) in [5, 5.41) is 3.05. The SMILES string of the molecule is CNCCCOc1ccccn1. The molecule has 0 fully saturated rings. The van der Waals surface area contributed by atoms with Crippen LogP contribution in [0.3, 0.4) is 0 Å². The molecule has 1 heterocycles. The van der Waals surface area contributed by atoms with Crippen molar-refractivity contribution in [2.24, 2.45) is 0 Å². The number of ether oxygens (including phenoxy) is 1. The molecule has 0 spiro atoms. The van der Waals surface area contributed by atoms with E-state index in [9.17, 15) is 0 Å². The fourth-order valence-electron chi connectivity index (χ4n) is 0.858. The van der Waals surface area contributed by atoms with Gasteiger partial charge in [0.05, 0.1) is 6.61 Å². The van der Waals surface area contributed by atoms with Gasteiger partial charge in [-0.15, -0.1) is 0 Å². The Morgan fingerprint density at radius 2 is 2.42 bits per heavy atom. The molecule has 66 valence electrons. The minimum absolute atomic E-state index is 0.702. The first-order valence-electron chi connectivity index (χ1n) is 4.12. The molecule has 0 unspecified atom stereocenters. The molecule has 3 nitrogen and oxygen atoms in total. The van der Waals surface area contributed by atoms with E-state index in [0.29, 0.717) is 5.88 Å². The van der Waals surface area contributed by atoms with Gasteiger partial charge in [-0.05, 0) is 26.1 Å². The van der Waals surface area contributed by atoms with Crippen LogP contribution in [0.25, 0.3) is 0 Å². The highest BCUT2D eigenvalue weighted by Gasteiger charge is 1.90. The molecule has 0 bridgehead atoms. The lowest BCUT2D eigenvalue weighted by molar-refractivity contribution is 0.298. The molecule has 0 saturated carbocycles. The van der Waals surface area contributed by atoms with Crippen LogP contribution in [0.15, 0.2) is 24.4 Å². The molecule has 1 rings (SSSR count). The highest BCUT2D eigenvalue weighted by Crippen LogP contribution is 2.02. The molecule has 0 aliphatic carbocycles. The van der Waals surface area contributed by atoms with Crippen molar-refractivity contribution in [1.29, 1.82) is 0 Å². The molecular weight excluding hydrogens is 152 g/mol. The molecular formula is C9H14N2O. The first-order valence-corrected chi connectivity index (χ1v) is 4.12. The predicted octanol–water partition coefficient (Wildman–Crippen LogP) is 1.07. The third-order valence-electron chi connectivity index (χ3n) is 1.46. The van der Waals surface area contributed by atoms with E-state index in [1.807, 2.05) is 25.2 Å². The zero-order chi connectivity index (χ0) is 8.65. The fraction of sp³-hybridized carbons (Fsp3) is 0.444. The van der Waals surface area contributed by atoms with Gasteiger partial charge >= 0.3 is 0 Å². The lowest BCUT2D eigenvalue weighted by atomic mass is 10.4. The minimum Gasteiger partial charge on any atom is -0.478 e. The maximum absolute atomic E-state index is 5.36. The highest BCUT2D eigenvalue weighted by atomic mass is 16.5. The summed E-state index contributed by atoms with van der Waals surface area (Å²) < 4.78 is 5.36. The van der Waals surface area contributed by atoms with Gasteiger partial charge in [0, 0.05) is 12.3 Å². The van der Waals surface area contributed by atoms with Crippen LogP contribution in [-0.2, 0) is 0 Å². The number of hydrogen-bond acceptors (Lipinski definition) is 3. The third-order valence-corrected chi connectivity index (χ3v) is 1.46. The monoisotopic (exact) mass is 166 g/mol. The molecule has 1 aromatic heterocycles. The summed E-state index contributed by atoms with van der Waals surface area (Å²) in [6.45, 7) is 1.70. The second-order valence-electron chi connectivity index (χ2n) is 2.47. The van der Waals surface area contributed by atoms with Gasteiger partial charge in [0.15, 0.2) is 0 Å².